The number of fused-ring (bicyclic) bond motifs is 1. The highest BCUT2D eigenvalue weighted by Gasteiger charge is 2.19. The molecule has 142 valence electrons. The molecule has 2 aromatic rings. The van der Waals surface area contributed by atoms with Gasteiger partial charge in [0.2, 0.25) is 0 Å². The van der Waals surface area contributed by atoms with Crippen LogP contribution in [0, 0.1) is 6.92 Å². The Morgan fingerprint density at radius 2 is 1.88 bits per heavy atom. The maximum atomic E-state index is 12.7. The lowest BCUT2D eigenvalue weighted by molar-refractivity contribution is 0.0964. The molecule has 26 heavy (non-hydrogen) atoms. The molecule has 1 saturated heterocycles. The van der Waals surface area contributed by atoms with Gasteiger partial charge in [0.1, 0.15) is 0 Å². The van der Waals surface area contributed by atoms with Gasteiger partial charge in [0, 0.05) is 37.6 Å². The topological polar surface area (TPSA) is 80.4 Å². The number of hydrogen-bond donors (Lipinski definition) is 2. The molecule has 1 aromatic carbocycles. The molecule has 3 N–H and O–H groups in total. The quantitative estimate of drug-likeness (QED) is 0.880. The molecule has 1 aromatic heterocycles. The number of rotatable bonds is 3. The lowest BCUT2D eigenvalue weighted by Crippen LogP contribution is -2.42. The summed E-state index contributed by atoms with van der Waals surface area (Å²) in [5, 5.41) is 3.41. The van der Waals surface area contributed by atoms with Crippen molar-refractivity contribution < 1.29 is 4.79 Å². The Kier molecular flexibility index (Phi) is 6.94. The average Bonchev–Trinajstić information content (AvgIpc) is 2.66. The number of likely N-dealkylation sites (tertiary alicyclic amines) is 1. The van der Waals surface area contributed by atoms with Crippen LogP contribution in [0.3, 0.4) is 0 Å². The second kappa shape index (κ2) is 8.96. The summed E-state index contributed by atoms with van der Waals surface area (Å²) < 4.78 is 1.76. The van der Waals surface area contributed by atoms with Gasteiger partial charge < -0.3 is 11.1 Å². The molecule has 1 aliphatic rings. The van der Waals surface area contributed by atoms with Crippen molar-refractivity contribution in [1.82, 2.24) is 14.8 Å². The van der Waals surface area contributed by atoms with E-state index in [9.17, 15) is 9.59 Å². The van der Waals surface area contributed by atoms with Crippen molar-refractivity contribution in [3.63, 3.8) is 0 Å². The van der Waals surface area contributed by atoms with E-state index in [1.165, 1.54) is 6.07 Å². The molecule has 1 amide bonds. The molecule has 0 spiro atoms. The highest BCUT2D eigenvalue weighted by atomic mass is 16.2. The van der Waals surface area contributed by atoms with Crippen molar-refractivity contribution in [2.75, 3.05) is 20.1 Å². The van der Waals surface area contributed by atoms with E-state index in [0.717, 1.165) is 42.4 Å². The smallest absolute Gasteiger partial charge is 0.252 e. The van der Waals surface area contributed by atoms with E-state index >= 15 is 0 Å². The van der Waals surface area contributed by atoms with Gasteiger partial charge in [-0.3, -0.25) is 19.1 Å². The first-order valence-electron chi connectivity index (χ1n) is 9.34. The number of nitrogens with one attached hydrogen (secondary N) is 1. The monoisotopic (exact) mass is 358 g/mol. The van der Waals surface area contributed by atoms with Gasteiger partial charge in [0.05, 0.1) is 17.7 Å². The molecule has 6 heteroatoms. The van der Waals surface area contributed by atoms with E-state index in [1.807, 2.05) is 39.0 Å². The molecule has 0 saturated carbocycles. The second-order valence-corrected chi connectivity index (χ2v) is 6.52. The SMILES string of the molecule is CC.CNC(=O)c1cc(=O)n(CN2CCC(N)CC2)c2cc(C)ccc12. The minimum atomic E-state index is -0.239. The zero-order chi connectivity index (χ0) is 19.3. The molecular weight excluding hydrogens is 328 g/mol. The summed E-state index contributed by atoms with van der Waals surface area (Å²) in [6.45, 7) is 8.29. The van der Waals surface area contributed by atoms with E-state index in [2.05, 4.69) is 10.2 Å². The summed E-state index contributed by atoms with van der Waals surface area (Å²) in [7, 11) is 1.57. The lowest BCUT2D eigenvalue weighted by atomic mass is 10.1. The van der Waals surface area contributed by atoms with Gasteiger partial charge in [0.15, 0.2) is 0 Å². The standard InChI is InChI=1S/C18H24N4O2.C2H6/c1-12-3-4-14-15(18(24)20-2)10-17(23)22(16(14)9-12)11-21-7-5-13(19)6-8-21;1-2/h3-4,9-10,13H,5-8,11,19H2,1-2H3,(H,20,24);1-2H3. The minimum absolute atomic E-state index is 0.151. The van der Waals surface area contributed by atoms with Gasteiger partial charge in [-0.15, -0.1) is 0 Å². The predicted molar refractivity (Wildman–Crippen MR) is 106 cm³/mol. The lowest BCUT2D eigenvalue weighted by Gasteiger charge is -2.31. The van der Waals surface area contributed by atoms with Gasteiger partial charge in [-0.2, -0.15) is 0 Å². The Hall–Kier alpha value is -2.18. The molecule has 0 atom stereocenters. The van der Waals surface area contributed by atoms with E-state index in [0.29, 0.717) is 12.2 Å². The number of hydrogen-bond acceptors (Lipinski definition) is 4. The number of nitrogens with zero attached hydrogens (tertiary/aromatic N) is 2. The highest BCUT2D eigenvalue weighted by molar-refractivity contribution is 6.06. The van der Waals surface area contributed by atoms with Crippen molar-refractivity contribution in [2.45, 2.75) is 46.3 Å². The van der Waals surface area contributed by atoms with Crippen LogP contribution in [-0.2, 0) is 6.67 Å². The summed E-state index contributed by atoms with van der Waals surface area (Å²) in [5.74, 6) is -0.239. The van der Waals surface area contributed by atoms with Gasteiger partial charge in [-0.1, -0.05) is 26.0 Å². The maximum Gasteiger partial charge on any atom is 0.252 e. The van der Waals surface area contributed by atoms with Crippen molar-refractivity contribution in [3.8, 4) is 0 Å². The molecule has 0 unspecified atom stereocenters. The molecular formula is C20H30N4O2. The summed E-state index contributed by atoms with van der Waals surface area (Å²) in [6, 6.07) is 7.54. The van der Waals surface area contributed by atoms with Gasteiger partial charge in [-0.05, 0) is 31.4 Å². The number of amides is 1. The number of carbonyl (C=O) groups is 1. The molecule has 2 heterocycles. The summed E-state index contributed by atoms with van der Waals surface area (Å²) in [4.78, 5) is 27.0. The normalized spacial score (nSPS) is 15.4. The minimum Gasteiger partial charge on any atom is -0.355 e. The van der Waals surface area contributed by atoms with E-state index in [4.69, 9.17) is 5.73 Å². The van der Waals surface area contributed by atoms with Crippen LogP contribution in [0.25, 0.3) is 10.9 Å². The van der Waals surface area contributed by atoms with Crippen LogP contribution >= 0.6 is 0 Å². The van der Waals surface area contributed by atoms with Gasteiger partial charge in [-0.25, -0.2) is 0 Å². The molecule has 6 nitrogen and oxygen atoms in total. The molecule has 1 aliphatic heterocycles. The largest absolute Gasteiger partial charge is 0.355 e. The molecule has 0 bridgehead atoms. The highest BCUT2D eigenvalue weighted by Crippen LogP contribution is 2.20. The third-order valence-corrected chi connectivity index (χ3v) is 4.71. The van der Waals surface area contributed by atoms with Gasteiger partial charge >= 0.3 is 0 Å². The van der Waals surface area contributed by atoms with E-state index in [1.54, 1.807) is 11.6 Å². The first-order chi connectivity index (χ1) is 12.5. The number of nitrogens with two attached hydrogens (primary N) is 1. The van der Waals surface area contributed by atoms with Crippen LogP contribution < -0.4 is 16.6 Å². The molecule has 0 aliphatic carbocycles. The third-order valence-electron chi connectivity index (χ3n) is 4.71. The number of piperidine rings is 1. The number of benzene rings is 1. The molecule has 0 radical (unpaired) electrons. The Morgan fingerprint density at radius 3 is 2.50 bits per heavy atom. The summed E-state index contributed by atoms with van der Waals surface area (Å²) in [5.41, 5.74) is 8.10. The number of carbonyl (C=O) groups excluding carboxylic acids is 1. The fourth-order valence-electron chi connectivity index (χ4n) is 3.25. The fourth-order valence-corrected chi connectivity index (χ4v) is 3.25. The number of aryl methyl sites for hydroxylation is 1. The Balaban J connectivity index is 0.00000117. The van der Waals surface area contributed by atoms with Gasteiger partial charge in [0.25, 0.3) is 11.5 Å². The fraction of sp³-hybridized carbons (Fsp3) is 0.500. The maximum absolute atomic E-state index is 12.7. The van der Waals surface area contributed by atoms with Crippen molar-refractivity contribution in [3.05, 3.63) is 45.7 Å². The predicted octanol–water partition coefficient (Wildman–Crippen LogP) is 2.08. The number of aromatic nitrogens is 1. The third kappa shape index (κ3) is 4.31. The van der Waals surface area contributed by atoms with Crippen LogP contribution in [-0.4, -0.2) is 41.6 Å². The zero-order valence-electron chi connectivity index (χ0n) is 16.2. The van der Waals surface area contributed by atoms with Crippen LogP contribution in [0.15, 0.2) is 29.1 Å². The van der Waals surface area contributed by atoms with E-state index in [-0.39, 0.29) is 17.5 Å². The van der Waals surface area contributed by atoms with E-state index < -0.39 is 0 Å². The van der Waals surface area contributed by atoms with Crippen LogP contribution in [0.1, 0.15) is 42.6 Å². The van der Waals surface area contributed by atoms with Crippen LogP contribution in [0.2, 0.25) is 0 Å². The van der Waals surface area contributed by atoms with Crippen LogP contribution in [0.4, 0.5) is 0 Å². The Labute approximate surface area is 155 Å². The zero-order valence-corrected chi connectivity index (χ0v) is 16.2. The van der Waals surface area contributed by atoms with Crippen molar-refractivity contribution >= 4 is 16.8 Å². The molecule has 3 rings (SSSR count). The first kappa shape index (κ1) is 20.1. The Morgan fingerprint density at radius 1 is 1.23 bits per heavy atom. The first-order valence-corrected chi connectivity index (χ1v) is 9.34. The summed E-state index contributed by atoms with van der Waals surface area (Å²) >= 11 is 0. The van der Waals surface area contributed by atoms with Crippen molar-refractivity contribution in [2.24, 2.45) is 5.73 Å². The van der Waals surface area contributed by atoms with Crippen LogP contribution in [0.5, 0.6) is 0 Å². The summed E-state index contributed by atoms with van der Waals surface area (Å²) in [6.07, 6.45) is 1.89. The average molecular weight is 358 g/mol. The molecule has 1 fully saturated rings. The Bertz CT molecular complexity index is 820. The number of pyridine rings is 1. The second-order valence-electron chi connectivity index (χ2n) is 6.52. The van der Waals surface area contributed by atoms with Crippen molar-refractivity contribution in [1.29, 1.82) is 0 Å².